The Morgan fingerprint density at radius 2 is 0.906 bits per heavy atom. The van der Waals surface area contributed by atoms with Crippen LogP contribution in [0.4, 0.5) is 0 Å². The van der Waals surface area contributed by atoms with Crippen LogP contribution in [0.3, 0.4) is 0 Å². The maximum atomic E-state index is 10.3. The van der Waals surface area contributed by atoms with Gasteiger partial charge < -0.3 is 28.9 Å². The van der Waals surface area contributed by atoms with Gasteiger partial charge in [0, 0.05) is 32.7 Å². The average Bonchev–Trinajstić information content (AvgIpc) is 1.63. The third-order valence-electron chi connectivity index (χ3n) is 21.7. The maximum Gasteiger partial charge on any atom is 0.180 e. The van der Waals surface area contributed by atoms with Crippen LogP contribution in [0.5, 0.6) is 5.75 Å². The fraction of sp³-hybridized carbons (Fsp3) is 0.773. The number of carbonyl (C=O) groups excluding carboxylic acids is 3. The summed E-state index contributed by atoms with van der Waals surface area (Å²) >= 11 is 0. The Labute approximate surface area is 834 Å². The van der Waals surface area contributed by atoms with Gasteiger partial charge in [-0.15, -0.1) is 0 Å². The summed E-state index contributed by atoms with van der Waals surface area (Å²) < 4.78 is 14.1. The second-order valence-corrected chi connectivity index (χ2v) is 32.8. The average molecular weight is 1880 g/mol. The van der Waals surface area contributed by atoms with Crippen LogP contribution in [-0.2, 0) is 56.6 Å². The number of unbranched alkanes of at least 4 members (excludes halogenated alkanes) is 1. The number of ether oxygens (including phenoxy) is 3. The van der Waals surface area contributed by atoms with Crippen molar-refractivity contribution < 1.29 is 66.4 Å². The van der Waals surface area contributed by atoms with Crippen LogP contribution in [-0.4, -0.2) is 56.2 Å². The summed E-state index contributed by atoms with van der Waals surface area (Å²) in [5.74, 6) is 13.9. The SMILES string of the molecule is C.C.C.C.C.C.C/C=C\C.C=CC(=O)COC[C-]=O.CC.CC.CC.CC.CC.CC.CC(O)CO[C-]=O.CC1=C(C)CCCC1.CC1CC2CC1C(C)C2C.CC1CC=CCC1C.CC1CCCCC1C.CC=C(C)C.CCC.CCC(C)CC.CCC(C)COc1ccccc1.CCCC.CCCC(C)CC(C)/C=C(\C)CC(C)CC.Cc1ccccc1C.[Y]. The van der Waals surface area contributed by atoms with E-state index in [2.05, 4.69) is 258 Å². The van der Waals surface area contributed by atoms with Crippen molar-refractivity contribution in [3.8, 4) is 5.75 Å². The molecule has 8 heteroatoms. The van der Waals surface area contributed by atoms with E-state index in [0.717, 1.165) is 95.4 Å². The first-order valence-electron chi connectivity index (χ1n) is 49.7. The molecule has 2 aromatic rings. The van der Waals surface area contributed by atoms with Crippen LogP contribution >= 0.6 is 0 Å². The Hall–Kier alpha value is -3.49. The molecule has 0 aliphatic heterocycles. The molecule has 3 saturated carbocycles. The number of allylic oxidation sites excluding steroid dienone is 10. The summed E-state index contributed by atoms with van der Waals surface area (Å²) in [6, 6.07) is 18.3. The fourth-order valence-electron chi connectivity index (χ4n) is 11.9. The van der Waals surface area contributed by atoms with E-state index >= 15 is 0 Å². The number of hydrogen-bond acceptors (Lipinski definition) is 7. The van der Waals surface area contributed by atoms with E-state index in [1.807, 2.05) is 146 Å². The third kappa shape index (κ3) is 133. The number of ketones is 1. The van der Waals surface area contributed by atoms with Gasteiger partial charge >= 0.3 is 0 Å². The van der Waals surface area contributed by atoms with Crippen LogP contribution in [0.15, 0.2) is 126 Å². The predicted octanol–water partition coefficient (Wildman–Crippen LogP) is 41.0. The van der Waals surface area contributed by atoms with Crippen molar-refractivity contribution in [2.75, 3.05) is 26.4 Å². The monoisotopic (exact) mass is 1870 g/mol. The molecule has 0 aromatic heterocycles. The number of fused-ring (bicyclic) bond motifs is 2. The van der Waals surface area contributed by atoms with Crippen molar-refractivity contribution >= 4 is 18.5 Å². The van der Waals surface area contributed by atoms with Gasteiger partial charge in [-0.25, -0.2) is 6.29 Å². The fourth-order valence-corrected chi connectivity index (χ4v) is 11.9. The Morgan fingerprint density at radius 3 is 1.16 bits per heavy atom. The summed E-state index contributed by atoms with van der Waals surface area (Å²) in [4.78, 5) is 29.1. The van der Waals surface area contributed by atoms with Crippen LogP contribution in [0, 0.1) is 96.7 Å². The second kappa shape index (κ2) is 140. The molecule has 0 spiro atoms. The normalized spacial score (nSPS) is 18.0. The van der Waals surface area contributed by atoms with Crippen LogP contribution in [0.2, 0.25) is 0 Å². The number of hydrogen-bond donors (Lipinski definition) is 1. The van der Waals surface area contributed by atoms with Crippen LogP contribution in [0.25, 0.3) is 0 Å². The molecule has 0 amide bonds. The minimum atomic E-state index is -0.582. The zero-order valence-corrected chi connectivity index (χ0v) is 93.0. The molecule has 5 aliphatic carbocycles. The minimum absolute atomic E-state index is 0. The molecule has 3 fully saturated rings. The predicted molar refractivity (Wildman–Crippen MR) is 592 cm³/mol. The van der Waals surface area contributed by atoms with E-state index in [9.17, 15) is 14.4 Å². The van der Waals surface area contributed by atoms with Gasteiger partial charge in [-0.1, -0.05) is 471 Å². The van der Waals surface area contributed by atoms with Gasteiger partial charge in [0.1, 0.15) is 12.4 Å². The van der Waals surface area contributed by atoms with Gasteiger partial charge in [0.2, 0.25) is 0 Å². The van der Waals surface area contributed by atoms with E-state index in [1.54, 1.807) is 23.1 Å². The first-order chi connectivity index (χ1) is 57.1. The van der Waals surface area contributed by atoms with Gasteiger partial charge in [0.15, 0.2) is 5.78 Å². The van der Waals surface area contributed by atoms with E-state index in [4.69, 9.17) is 9.84 Å². The number of rotatable bonds is 23. The molecule has 2 bridgehead atoms. The Morgan fingerprint density at radius 1 is 0.520 bits per heavy atom. The number of carbonyl (C=O) groups is 1. The summed E-state index contributed by atoms with van der Waals surface area (Å²) in [6.45, 7) is 99.9. The van der Waals surface area contributed by atoms with E-state index in [0.29, 0.717) is 5.92 Å². The molecule has 1 N–H and O–H groups in total. The summed E-state index contributed by atoms with van der Waals surface area (Å²) in [7, 11) is 0. The van der Waals surface area contributed by atoms with Crippen molar-refractivity contribution in [3.63, 3.8) is 0 Å². The first-order valence-corrected chi connectivity index (χ1v) is 49.7. The summed E-state index contributed by atoms with van der Waals surface area (Å²) in [5.41, 5.74) is 8.98. The molecule has 0 heterocycles. The molecule has 14 atom stereocenters. The number of aliphatic hydroxyl groups excluding tert-OH is 1. The van der Waals surface area contributed by atoms with E-state index < -0.39 is 6.10 Å². The maximum absolute atomic E-state index is 10.3. The van der Waals surface area contributed by atoms with Gasteiger partial charge in [-0.2, -0.15) is 0 Å². The van der Waals surface area contributed by atoms with Gasteiger partial charge in [0.05, 0.1) is 19.3 Å². The molecular weight excluding hydrogens is 1630 g/mol. The second-order valence-electron chi connectivity index (χ2n) is 32.8. The zero-order valence-electron chi connectivity index (χ0n) is 90.2. The molecule has 7 nitrogen and oxygen atoms in total. The molecule has 2 aromatic carbocycles. The Kier molecular flexibility index (Phi) is 191. The van der Waals surface area contributed by atoms with E-state index in [-0.39, 0.29) is 103 Å². The van der Waals surface area contributed by atoms with Crippen molar-refractivity contribution in [1.82, 2.24) is 0 Å². The Bertz CT molecular complexity index is 2360. The van der Waals surface area contributed by atoms with Crippen molar-refractivity contribution in [2.45, 2.75) is 503 Å². The molecule has 767 valence electrons. The molecule has 14 unspecified atom stereocenters. The van der Waals surface area contributed by atoms with Gasteiger partial charge in [-0.3, -0.25) is 4.79 Å². The van der Waals surface area contributed by atoms with Crippen molar-refractivity contribution in [2.24, 2.45) is 82.9 Å². The van der Waals surface area contributed by atoms with Gasteiger partial charge in [0.25, 0.3) is 0 Å². The number of benzene rings is 2. The molecular formula is C119H244O7Y-2. The zero-order chi connectivity index (χ0) is 96.2. The number of aliphatic hydroxyl groups is 1. The largest absolute Gasteiger partial charge is 0.651 e. The molecule has 1 radical (unpaired) electrons. The summed E-state index contributed by atoms with van der Waals surface area (Å²) in [5, 5.41) is 8.38. The Balaban J connectivity index is -0.0000000539. The molecule has 5 aliphatic rings. The molecule has 0 saturated heterocycles. The summed E-state index contributed by atoms with van der Waals surface area (Å²) in [6.07, 6.45) is 46.7. The van der Waals surface area contributed by atoms with Gasteiger partial charge in [-0.05, 0) is 259 Å². The van der Waals surface area contributed by atoms with Crippen LogP contribution < -0.4 is 4.74 Å². The van der Waals surface area contributed by atoms with Crippen molar-refractivity contribution in [3.05, 3.63) is 137 Å². The number of para-hydroxylation sites is 1. The quantitative estimate of drug-likeness (QED) is 0.0512. The third-order valence-corrected chi connectivity index (χ3v) is 21.7. The topological polar surface area (TPSA) is 99.1 Å². The first kappa shape index (κ1) is 173. The number of aryl methyl sites for hydroxylation is 2. The van der Waals surface area contributed by atoms with Crippen LogP contribution in [0.1, 0.15) is 494 Å². The minimum Gasteiger partial charge on any atom is -0.651 e. The van der Waals surface area contributed by atoms with Crippen molar-refractivity contribution in [1.29, 1.82) is 0 Å². The standard InChI is InChI=1S/C16H32.C11H16O.C10H18.C8H16.2C8H14.C8H10.C6H7O3.C6H14.C5H10.C4H7O3.C4H10.C4H8.C3H8.6C2H6.6CH4.Y/c1-7-9-14(4)11-16(6)12-15(5)10-13(3)8-2;1-3-10(2)9-12-11-7-5-4-6-8-11;1-6-4-9-5-10(6)8(3)7(9)2;4*1-7-5-3-4-6-8(7)2;1-2-6(8)5-9-4-3-7;1-4-6(3)5-2;1-4-5(2)3;1-4(6)2-7-3-5;2*1-3-4-2;1-3-2;6*1-2;;;;;;;/h12-14,16H,7-11H2,1-6H3;4-8,10H,3,9H2,1-2H3;6-10H,4-5H2,1-3H3;7-8H,3-6H2,1-2H3;3-6H2,1-2H3;3-4,7-8H,5-6H2,1-2H3;3-6H,1-2H3;2H,1,4-5H2;6H,4-5H2,1-3H3;4H,1-3H3;4,6H,2H2,1H3;3-4H2,1-2H3;3-4H,1-2H3;3H2,1-2H3;6*1-2H3;6*1H4;/q;;;;;;;-1;;;-1;;;;;;;;;;;;;;;;/b15-12+;;;;;;;;;;;;4-3-;;;;;;;;;;;;;;. The molecule has 127 heavy (non-hydrogen) atoms. The smallest absolute Gasteiger partial charge is 0.180 e. The van der Waals surface area contributed by atoms with E-state index in [1.165, 1.54) is 178 Å². The molecule has 7 rings (SSSR count).